The van der Waals surface area contributed by atoms with E-state index in [0.717, 1.165) is 10.0 Å². The summed E-state index contributed by atoms with van der Waals surface area (Å²) < 4.78 is 33.2. The molecule has 0 bridgehead atoms. The van der Waals surface area contributed by atoms with E-state index in [1.807, 2.05) is 0 Å². The maximum atomic E-state index is 11.7. The Morgan fingerprint density at radius 3 is 2.25 bits per heavy atom. The summed E-state index contributed by atoms with van der Waals surface area (Å²) in [5.41, 5.74) is 0.774. The molecule has 1 rings (SSSR count). The quantitative estimate of drug-likeness (QED) is 0.840. The smallest absolute Gasteiger partial charge is 0.422 e. The SMILES string of the molecule is CC(C)OC(=O)NS(=O)(=O)NC(C)c1ccc(Br)cc1. The Labute approximate surface area is 127 Å². The van der Waals surface area contributed by atoms with Gasteiger partial charge in [0.05, 0.1) is 6.10 Å². The fourth-order valence-corrected chi connectivity index (χ4v) is 2.62. The standard InChI is InChI=1S/C12H17BrN2O4S/c1-8(2)19-12(16)15-20(17,18)14-9(3)10-4-6-11(13)7-5-10/h4-9,14H,1-3H3,(H,15,16). The fourth-order valence-electron chi connectivity index (χ4n) is 1.43. The average molecular weight is 365 g/mol. The predicted octanol–water partition coefficient (Wildman–Crippen LogP) is 2.48. The lowest BCUT2D eigenvalue weighted by Crippen LogP contribution is -2.42. The topological polar surface area (TPSA) is 84.5 Å². The van der Waals surface area contributed by atoms with Crippen LogP contribution in [0.4, 0.5) is 4.79 Å². The molecule has 1 aromatic carbocycles. The Balaban J connectivity index is 2.66. The lowest BCUT2D eigenvalue weighted by atomic mass is 10.1. The molecule has 0 saturated heterocycles. The van der Waals surface area contributed by atoms with Gasteiger partial charge in [0.25, 0.3) is 0 Å². The van der Waals surface area contributed by atoms with E-state index < -0.39 is 28.4 Å². The van der Waals surface area contributed by atoms with E-state index in [4.69, 9.17) is 4.74 Å². The molecular formula is C12H17BrN2O4S. The van der Waals surface area contributed by atoms with Gasteiger partial charge < -0.3 is 4.74 Å². The van der Waals surface area contributed by atoms with Crippen molar-refractivity contribution in [1.29, 1.82) is 0 Å². The normalized spacial score (nSPS) is 13.1. The highest BCUT2D eigenvalue weighted by molar-refractivity contribution is 9.10. The van der Waals surface area contributed by atoms with E-state index in [0.29, 0.717) is 0 Å². The summed E-state index contributed by atoms with van der Waals surface area (Å²) in [5.74, 6) is 0. The monoisotopic (exact) mass is 364 g/mol. The van der Waals surface area contributed by atoms with Crippen LogP contribution in [0.25, 0.3) is 0 Å². The molecule has 6 nitrogen and oxygen atoms in total. The molecule has 2 N–H and O–H groups in total. The average Bonchev–Trinajstić information content (AvgIpc) is 2.26. The summed E-state index contributed by atoms with van der Waals surface area (Å²) in [4.78, 5) is 11.3. The summed E-state index contributed by atoms with van der Waals surface area (Å²) in [5, 5.41) is 0. The largest absolute Gasteiger partial charge is 0.446 e. The van der Waals surface area contributed by atoms with Gasteiger partial charge in [-0.05, 0) is 38.5 Å². The molecule has 0 saturated carbocycles. The molecule has 0 fully saturated rings. The fraction of sp³-hybridized carbons (Fsp3) is 0.417. The van der Waals surface area contributed by atoms with Crippen molar-refractivity contribution in [3.8, 4) is 0 Å². The van der Waals surface area contributed by atoms with Crippen molar-refractivity contribution in [2.45, 2.75) is 32.9 Å². The number of hydrogen-bond donors (Lipinski definition) is 2. The molecule has 0 radical (unpaired) electrons. The van der Waals surface area contributed by atoms with Gasteiger partial charge in [-0.15, -0.1) is 0 Å². The summed E-state index contributed by atoms with van der Waals surface area (Å²) in [6.45, 7) is 4.93. The molecular weight excluding hydrogens is 348 g/mol. The van der Waals surface area contributed by atoms with Crippen LogP contribution in [0.5, 0.6) is 0 Å². The first-order valence-electron chi connectivity index (χ1n) is 5.96. The number of benzene rings is 1. The zero-order chi connectivity index (χ0) is 15.3. The number of ether oxygens (including phenoxy) is 1. The van der Waals surface area contributed by atoms with Crippen LogP contribution >= 0.6 is 15.9 Å². The van der Waals surface area contributed by atoms with Crippen LogP contribution in [-0.2, 0) is 14.9 Å². The highest BCUT2D eigenvalue weighted by Gasteiger charge is 2.19. The second-order valence-electron chi connectivity index (χ2n) is 4.45. The Morgan fingerprint density at radius 2 is 1.75 bits per heavy atom. The van der Waals surface area contributed by atoms with Crippen molar-refractivity contribution in [2.24, 2.45) is 0 Å². The van der Waals surface area contributed by atoms with Crippen LogP contribution in [0, 0.1) is 0 Å². The minimum Gasteiger partial charge on any atom is -0.446 e. The number of carbonyl (C=O) groups is 1. The molecule has 1 aromatic rings. The Morgan fingerprint density at radius 1 is 1.20 bits per heavy atom. The molecule has 0 spiro atoms. The van der Waals surface area contributed by atoms with Gasteiger partial charge in [-0.3, -0.25) is 0 Å². The second-order valence-corrected chi connectivity index (χ2v) is 6.81. The van der Waals surface area contributed by atoms with Crippen molar-refractivity contribution in [1.82, 2.24) is 9.44 Å². The van der Waals surface area contributed by atoms with Gasteiger partial charge in [0.1, 0.15) is 0 Å². The van der Waals surface area contributed by atoms with Crippen LogP contribution in [0.3, 0.4) is 0 Å². The first kappa shape index (κ1) is 16.9. The van der Waals surface area contributed by atoms with Crippen molar-refractivity contribution in [3.63, 3.8) is 0 Å². The summed E-state index contributed by atoms with van der Waals surface area (Å²) in [6.07, 6.45) is -1.40. The van der Waals surface area contributed by atoms with Crippen LogP contribution in [0.15, 0.2) is 28.7 Å². The lowest BCUT2D eigenvalue weighted by Gasteiger charge is -2.15. The molecule has 8 heteroatoms. The van der Waals surface area contributed by atoms with Crippen LogP contribution in [0.1, 0.15) is 32.4 Å². The number of nitrogens with one attached hydrogen (secondary N) is 2. The van der Waals surface area contributed by atoms with Gasteiger partial charge >= 0.3 is 16.3 Å². The van der Waals surface area contributed by atoms with E-state index in [1.54, 1.807) is 49.8 Å². The number of carbonyl (C=O) groups excluding carboxylic acids is 1. The molecule has 1 unspecified atom stereocenters. The molecule has 0 aliphatic heterocycles. The molecule has 0 heterocycles. The third-order valence-electron chi connectivity index (χ3n) is 2.26. The highest BCUT2D eigenvalue weighted by Crippen LogP contribution is 2.16. The van der Waals surface area contributed by atoms with Crippen LogP contribution in [-0.4, -0.2) is 20.6 Å². The number of rotatable bonds is 5. The maximum Gasteiger partial charge on any atom is 0.422 e. The van der Waals surface area contributed by atoms with Crippen molar-refractivity contribution < 1.29 is 17.9 Å². The van der Waals surface area contributed by atoms with E-state index in [-0.39, 0.29) is 0 Å². The van der Waals surface area contributed by atoms with Gasteiger partial charge in [0.2, 0.25) is 0 Å². The zero-order valence-electron chi connectivity index (χ0n) is 11.4. The minimum atomic E-state index is -3.97. The Bertz CT molecular complexity index is 557. The molecule has 1 amide bonds. The van der Waals surface area contributed by atoms with E-state index >= 15 is 0 Å². The van der Waals surface area contributed by atoms with Gasteiger partial charge in [0, 0.05) is 10.5 Å². The molecule has 1 atom stereocenters. The molecule has 0 aromatic heterocycles. The van der Waals surface area contributed by atoms with E-state index in [9.17, 15) is 13.2 Å². The molecule has 112 valence electrons. The third-order valence-corrected chi connectivity index (χ3v) is 3.89. The zero-order valence-corrected chi connectivity index (χ0v) is 13.8. The van der Waals surface area contributed by atoms with Gasteiger partial charge in [-0.2, -0.15) is 13.1 Å². The van der Waals surface area contributed by atoms with E-state index in [2.05, 4.69) is 20.7 Å². The lowest BCUT2D eigenvalue weighted by molar-refractivity contribution is 0.121. The highest BCUT2D eigenvalue weighted by atomic mass is 79.9. The van der Waals surface area contributed by atoms with Crippen molar-refractivity contribution >= 4 is 32.2 Å². The molecule has 0 aliphatic rings. The number of amides is 1. The van der Waals surface area contributed by atoms with Gasteiger partial charge in [0.15, 0.2) is 0 Å². The predicted molar refractivity (Wildman–Crippen MR) is 79.4 cm³/mol. The van der Waals surface area contributed by atoms with Crippen LogP contribution in [0.2, 0.25) is 0 Å². The number of halogens is 1. The van der Waals surface area contributed by atoms with Crippen molar-refractivity contribution in [3.05, 3.63) is 34.3 Å². The maximum absolute atomic E-state index is 11.7. The number of hydrogen-bond acceptors (Lipinski definition) is 4. The van der Waals surface area contributed by atoms with Gasteiger partial charge in [-0.25, -0.2) is 9.52 Å². The van der Waals surface area contributed by atoms with Gasteiger partial charge in [-0.1, -0.05) is 28.1 Å². The minimum absolute atomic E-state index is 0.394. The van der Waals surface area contributed by atoms with Crippen molar-refractivity contribution in [2.75, 3.05) is 0 Å². The summed E-state index contributed by atoms with van der Waals surface area (Å²) >= 11 is 3.30. The van der Waals surface area contributed by atoms with E-state index in [1.165, 1.54) is 0 Å². The Hall–Kier alpha value is -1.12. The second kappa shape index (κ2) is 7.05. The Kier molecular flexibility index (Phi) is 5.97. The summed E-state index contributed by atoms with van der Waals surface area (Å²) in [6, 6.07) is 6.70. The molecule has 0 aliphatic carbocycles. The third kappa shape index (κ3) is 5.89. The summed E-state index contributed by atoms with van der Waals surface area (Å²) in [7, 11) is -3.97. The first-order chi connectivity index (χ1) is 9.19. The van der Waals surface area contributed by atoms with Crippen LogP contribution < -0.4 is 9.44 Å². The first-order valence-corrected chi connectivity index (χ1v) is 8.23. The molecule has 20 heavy (non-hydrogen) atoms.